The van der Waals surface area contributed by atoms with E-state index in [1.165, 1.54) is 21.2 Å². The fraction of sp³-hybridized carbons (Fsp3) is 0.353. The normalized spacial score (nSPS) is 11.3. The van der Waals surface area contributed by atoms with Crippen molar-refractivity contribution in [1.29, 1.82) is 0 Å². The van der Waals surface area contributed by atoms with Crippen molar-refractivity contribution in [1.82, 2.24) is 15.1 Å². The zero-order valence-electron chi connectivity index (χ0n) is 12.6. The Balaban J connectivity index is 1.77. The molecule has 0 unspecified atom stereocenters. The highest BCUT2D eigenvalue weighted by Gasteiger charge is 2.08. The highest BCUT2D eigenvalue weighted by molar-refractivity contribution is 7.17. The maximum atomic E-state index is 4.65. The van der Waals surface area contributed by atoms with Gasteiger partial charge in [0.2, 0.25) is 0 Å². The van der Waals surface area contributed by atoms with E-state index in [1.807, 2.05) is 11.3 Å². The van der Waals surface area contributed by atoms with E-state index in [4.69, 9.17) is 0 Å². The third-order valence-corrected chi connectivity index (χ3v) is 4.70. The summed E-state index contributed by atoms with van der Waals surface area (Å²) in [5.74, 6) is 0. The fourth-order valence-electron chi connectivity index (χ4n) is 2.54. The molecule has 0 aliphatic carbocycles. The Bertz CT molecular complexity index is 727. The van der Waals surface area contributed by atoms with Crippen LogP contribution in [0.1, 0.15) is 30.2 Å². The minimum absolute atomic E-state index is 0.846. The smallest absolute Gasteiger partial charge is 0.0673 e. The van der Waals surface area contributed by atoms with Gasteiger partial charge in [-0.2, -0.15) is 5.10 Å². The van der Waals surface area contributed by atoms with Gasteiger partial charge in [0, 0.05) is 23.0 Å². The Morgan fingerprint density at radius 1 is 1.24 bits per heavy atom. The topological polar surface area (TPSA) is 29.9 Å². The number of thiophene rings is 1. The van der Waals surface area contributed by atoms with Crippen molar-refractivity contribution in [3.63, 3.8) is 0 Å². The summed E-state index contributed by atoms with van der Waals surface area (Å²) >= 11 is 1.81. The molecule has 0 saturated carbocycles. The van der Waals surface area contributed by atoms with Gasteiger partial charge in [-0.3, -0.25) is 4.68 Å². The van der Waals surface area contributed by atoms with Crippen LogP contribution in [-0.4, -0.2) is 16.3 Å². The summed E-state index contributed by atoms with van der Waals surface area (Å²) in [4.78, 5) is 0. The molecule has 0 aliphatic heterocycles. The number of rotatable bonds is 6. The van der Waals surface area contributed by atoms with Crippen LogP contribution in [0.15, 0.2) is 35.8 Å². The lowest BCUT2D eigenvalue weighted by Crippen LogP contribution is -2.13. The summed E-state index contributed by atoms with van der Waals surface area (Å²) in [6.45, 7) is 7.08. The van der Waals surface area contributed by atoms with Gasteiger partial charge in [0.1, 0.15) is 0 Å². The lowest BCUT2D eigenvalue weighted by Gasteiger charge is -2.01. The Morgan fingerprint density at radius 2 is 2.10 bits per heavy atom. The first-order valence-corrected chi connectivity index (χ1v) is 8.34. The van der Waals surface area contributed by atoms with Crippen LogP contribution in [0, 0.1) is 6.92 Å². The Hall–Kier alpha value is -1.65. The molecule has 3 rings (SSSR count). The summed E-state index contributed by atoms with van der Waals surface area (Å²) in [7, 11) is 0. The molecule has 0 amide bonds. The number of aromatic nitrogens is 2. The summed E-state index contributed by atoms with van der Waals surface area (Å²) in [6.07, 6.45) is 3.33. The molecule has 3 aromatic rings. The zero-order valence-corrected chi connectivity index (χ0v) is 13.4. The third-order valence-electron chi connectivity index (χ3n) is 3.68. The van der Waals surface area contributed by atoms with Crippen LogP contribution < -0.4 is 5.32 Å². The van der Waals surface area contributed by atoms with E-state index in [2.05, 4.69) is 64.8 Å². The summed E-state index contributed by atoms with van der Waals surface area (Å²) in [6, 6.07) is 8.57. The van der Waals surface area contributed by atoms with Crippen LogP contribution in [0.4, 0.5) is 0 Å². The number of nitrogens with zero attached hydrogens (tertiary/aromatic N) is 2. The van der Waals surface area contributed by atoms with Gasteiger partial charge in [-0.1, -0.05) is 25.1 Å². The molecule has 21 heavy (non-hydrogen) atoms. The van der Waals surface area contributed by atoms with Crippen LogP contribution in [-0.2, 0) is 13.1 Å². The van der Waals surface area contributed by atoms with Crippen molar-refractivity contribution in [2.45, 2.75) is 33.4 Å². The van der Waals surface area contributed by atoms with Gasteiger partial charge >= 0.3 is 0 Å². The molecular formula is C17H21N3S. The van der Waals surface area contributed by atoms with Crippen molar-refractivity contribution in [3.05, 3.63) is 52.7 Å². The molecule has 0 radical (unpaired) electrons. The van der Waals surface area contributed by atoms with E-state index < -0.39 is 0 Å². The van der Waals surface area contributed by atoms with E-state index in [1.54, 1.807) is 0 Å². The molecule has 110 valence electrons. The number of fused-ring (bicyclic) bond motifs is 1. The van der Waals surface area contributed by atoms with E-state index in [-0.39, 0.29) is 0 Å². The summed E-state index contributed by atoms with van der Waals surface area (Å²) < 4.78 is 3.41. The Labute approximate surface area is 129 Å². The van der Waals surface area contributed by atoms with Gasteiger partial charge in [0.05, 0.1) is 12.2 Å². The Kier molecular flexibility index (Phi) is 4.36. The van der Waals surface area contributed by atoms with Crippen LogP contribution in [0.25, 0.3) is 10.1 Å². The van der Waals surface area contributed by atoms with Gasteiger partial charge in [-0.25, -0.2) is 0 Å². The first-order chi connectivity index (χ1) is 10.3. The first kappa shape index (κ1) is 14.3. The van der Waals surface area contributed by atoms with E-state index in [9.17, 15) is 0 Å². The highest BCUT2D eigenvalue weighted by Crippen LogP contribution is 2.26. The maximum Gasteiger partial charge on any atom is 0.0673 e. The molecule has 3 nitrogen and oxygen atoms in total. The fourth-order valence-corrected chi connectivity index (χ4v) is 3.50. The Morgan fingerprint density at radius 3 is 2.95 bits per heavy atom. The molecule has 1 N–H and O–H groups in total. The van der Waals surface area contributed by atoms with Crippen molar-refractivity contribution < 1.29 is 0 Å². The largest absolute Gasteiger partial charge is 0.313 e. The second-order valence-electron chi connectivity index (χ2n) is 5.37. The number of aryl methyl sites for hydroxylation is 1. The van der Waals surface area contributed by atoms with Gasteiger partial charge in [0.25, 0.3) is 0 Å². The van der Waals surface area contributed by atoms with Crippen molar-refractivity contribution in [3.8, 4) is 0 Å². The van der Waals surface area contributed by atoms with Crippen molar-refractivity contribution >= 4 is 21.4 Å². The van der Waals surface area contributed by atoms with Gasteiger partial charge in [-0.15, -0.1) is 11.3 Å². The predicted octanol–water partition coefficient (Wildman–Crippen LogP) is 3.95. The van der Waals surface area contributed by atoms with Crippen LogP contribution in [0.5, 0.6) is 0 Å². The van der Waals surface area contributed by atoms with E-state index >= 15 is 0 Å². The quantitative estimate of drug-likeness (QED) is 0.698. The SMILES string of the molecule is CCCNCc1cn(Cc2csc3ccccc23)nc1C. The molecular weight excluding hydrogens is 278 g/mol. The molecule has 0 saturated heterocycles. The summed E-state index contributed by atoms with van der Waals surface area (Å²) in [5.41, 5.74) is 3.77. The standard InChI is InChI=1S/C17H21N3S/c1-3-8-18-9-14-10-20(19-13(14)2)11-15-12-21-17-7-5-4-6-16(15)17/h4-7,10,12,18H,3,8-9,11H2,1-2H3. The van der Waals surface area contributed by atoms with Crippen LogP contribution in [0.2, 0.25) is 0 Å². The van der Waals surface area contributed by atoms with E-state index in [0.717, 1.165) is 31.7 Å². The second kappa shape index (κ2) is 6.41. The molecule has 0 aliphatic rings. The maximum absolute atomic E-state index is 4.65. The highest BCUT2D eigenvalue weighted by atomic mass is 32.1. The molecule has 0 bridgehead atoms. The van der Waals surface area contributed by atoms with E-state index in [0.29, 0.717) is 0 Å². The molecule has 4 heteroatoms. The number of benzene rings is 1. The molecule has 1 aromatic carbocycles. The average Bonchev–Trinajstić information content (AvgIpc) is 3.05. The molecule has 0 spiro atoms. The average molecular weight is 299 g/mol. The van der Waals surface area contributed by atoms with Crippen molar-refractivity contribution in [2.24, 2.45) is 0 Å². The zero-order chi connectivity index (χ0) is 14.7. The number of nitrogens with one attached hydrogen (secondary N) is 1. The number of hydrogen-bond donors (Lipinski definition) is 1. The lowest BCUT2D eigenvalue weighted by molar-refractivity contribution is 0.669. The van der Waals surface area contributed by atoms with Crippen LogP contribution >= 0.6 is 11.3 Å². The van der Waals surface area contributed by atoms with Gasteiger partial charge < -0.3 is 5.32 Å². The number of hydrogen-bond acceptors (Lipinski definition) is 3. The minimum atomic E-state index is 0.846. The molecule has 2 heterocycles. The first-order valence-electron chi connectivity index (χ1n) is 7.46. The predicted molar refractivity (Wildman–Crippen MR) is 89.9 cm³/mol. The molecule has 0 fully saturated rings. The summed E-state index contributed by atoms with van der Waals surface area (Å²) in [5, 5.41) is 11.7. The molecule has 2 aromatic heterocycles. The molecule has 0 atom stereocenters. The lowest BCUT2D eigenvalue weighted by atomic mass is 10.2. The minimum Gasteiger partial charge on any atom is -0.313 e. The van der Waals surface area contributed by atoms with Gasteiger partial charge in [-0.05, 0) is 42.3 Å². The van der Waals surface area contributed by atoms with Gasteiger partial charge in [0.15, 0.2) is 0 Å². The third kappa shape index (κ3) is 3.17. The van der Waals surface area contributed by atoms with Crippen LogP contribution in [0.3, 0.4) is 0 Å². The monoisotopic (exact) mass is 299 g/mol. The van der Waals surface area contributed by atoms with Crippen molar-refractivity contribution in [2.75, 3.05) is 6.54 Å². The second-order valence-corrected chi connectivity index (χ2v) is 6.28.